The molecule has 4 aliphatic heterocycles. The molecular weight excluding hydrogens is 837 g/mol. The SMILES string of the molecule is C[C@H]1O[C@@H](O[C@H]2CC[C@]3(C)C4C=C[C@]56OC[C@@]7(CCC(C)(C)C[C@H]75)[C@H](O)C[C@@]6(C)[C@]4(C)CC[C@H]3[C@]2(C)CO)[C@H](O[C@@H]2O[C@H](CO)[C@@H](O)[C@H](O)[C@H]2O[C@@H]2OC[C@@H](O)[C@H](O)[C@H]2O)[C@@H](O)[C@H]1O. The first kappa shape index (κ1) is 48.1. The first-order chi connectivity index (χ1) is 30.0. The number of fused-ring (bicyclic) bond motifs is 4. The average molecular weight is 913 g/mol. The summed E-state index contributed by atoms with van der Waals surface area (Å²) in [6, 6.07) is 0. The maximum Gasteiger partial charge on any atom is 0.187 e. The summed E-state index contributed by atoms with van der Waals surface area (Å²) in [5.41, 5.74) is -2.30. The van der Waals surface area contributed by atoms with Gasteiger partial charge in [0.2, 0.25) is 0 Å². The summed E-state index contributed by atoms with van der Waals surface area (Å²) in [6.45, 7) is 14.6. The lowest BCUT2D eigenvalue weighted by molar-refractivity contribution is -0.394. The number of hydrogen-bond donors (Lipinski definition) is 10. The van der Waals surface area contributed by atoms with E-state index in [0.717, 1.165) is 38.5 Å². The van der Waals surface area contributed by atoms with Gasteiger partial charge < -0.3 is 84.2 Å². The van der Waals surface area contributed by atoms with E-state index < -0.39 is 122 Å². The second kappa shape index (κ2) is 16.3. The van der Waals surface area contributed by atoms with Gasteiger partial charge in [0.15, 0.2) is 18.9 Å². The fourth-order valence-electron chi connectivity index (χ4n) is 15.5. The normalized spacial score (nSPS) is 59.0. The molecule has 64 heavy (non-hydrogen) atoms. The van der Waals surface area contributed by atoms with Crippen LogP contribution in [-0.4, -0.2) is 181 Å². The van der Waals surface area contributed by atoms with E-state index in [4.69, 9.17) is 33.2 Å². The summed E-state index contributed by atoms with van der Waals surface area (Å²) >= 11 is 0. The largest absolute Gasteiger partial charge is 0.396 e. The Bertz CT molecular complexity index is 1750. The molecule has 0 aromatic carbocycles. The van der Waals surface area contributed by atoms with Crippen molar-refractivity contribution in [3.8, 4) is 0 Å². The van der Waals surface area contributed by atoms with Crippen LogP contribution in [0.1, 0.15) is 99.8 Å². The van der Waals surface area contributed by atoms with Crippen molar-refractivity contribution in [1.82, 2.24) is 0 Å². The van der Waals surface area contributed by atoms with Gasteiger partial charge in [0, 0.05) is 22.2 Å². The minimum absolute atomic E-state index is 0.0390. The molecule has 8 fully saturated rings. The smallest absolute Gasteiger partial charge is 0.187 e. The Hall–Kier alpha value is -0.940. The number of hydrogen-bond acceptors (Lipinski definition) is 17. The van der Waals surface area contributed by atoms with E-state index in [1.165, 1.54) is 0 Å². The third-order valence-corrected chi connectivity index (χ3v) is 19.6. The molecule has 4 saturated heterocycles. The summed E-state index contributed by atoms with van der Waals surface area (Å²) in [5.74, 6) is 0.268. The standard InChI is InChI=1S/C47H76O17/c1-22-30(52)33(55)36(64-40-37(34(56)32(54)24(18-48)61-40)63-38-35(57)31(53)23(50)19-58-38)39(60-22)62-29-10-11-42(4)25(43(29,5)20-49)8-12-44(6)26(42)9-13-47-27-16-41(2,3)14-15-46(27,21-59-47)28(51)17-45(44,47)7/h9,13,22-40,48-57H,8,10-12,14-21H2,1-7H3/t22-,23-,24-,25-,26?,27-,28-,29+,30+,31+,32-,33+,34+,35-,36-,37-,38+,39+,40+,42+,43+,44-,45+,46-,47+/m1/s1. The topological polar surface area (TPSA) is 267 Å². The molecule has 366 valence electrons. The molecule has 0 aromatic heterocycles. The Morgan fingerprint density at radius 2 is 1.34 bits per heavy atom. The van der Waals surface area contributed by atoms with Gasteiger partial charge in [0.05, 0.1) is 50.3 Å². The van der Waals surface area contributed by atoms with Crippen molar-refractivity contribution in [3.63, 3.8) is 0 Å². The van der Waals surface area contributed by atoms with Gasteiger partial charge in [-0.2, -0.15) is 0 Å². The molecule has 1 spiro atoms. The molecule has 4 saturated carbocycles. The van der Waals surface area contributed by atoms with Crippen molar-refractivity contribution in [1.29, 1.82) is 0 Å². The third kappa shape index (κ3) is 6.72. The van der Waals surface area contributed by atoms with Gasteiger partial charge in [-0.05, 0) is 86.4 Å². The molecule has 0 amide bonds. The van der Waals surface area contributed by atoms with E-state index in [1.54, 1.807) is 6.92 Å². The van der Waals surface area contributed by atoms with Crippen LogP contribution in [-0.2, 0) is 33.2 Å². The van der Waals surface area contributed by atoms with Crippen LogP contribution in [0.3, 0.4) is 0 Å². The second-order valence-electron chi connectivity index (χ2n) is 23.3. The van der Waals surface area contributed by atoms with Crippen LogP contribution in [0.25, 0.3) is 0 Å². The molecule has 9 rings (SSSR count). The minimum atomic E-state index is -1.81. The van der Waals surface area contributed by atoms with Crippen molar-refractivity contribution in [2.24, 2.45) is 50.2 Å². The van der Waals surface area contributed by atoms with E-state index >= 15 is 0 Å². The predicted octanol–water partition coefficient (Wildman–Crippen LogP) is 0.240. The highest BCUT2D eigenvalue weighted by Gasteiger charge is 2.79. The van der Waals surface area contributed by atoms with Gasteiger partial charge in [-0.25, -0.2) is 0 Å². The molecule has 1 unspecified atom stereocenters. The first-order valence-electron chi connectivity index (χ1n) is 23.9. The van der Waals surface area contributed by atoms with Gasteiger partial charge in [-0.1, -0.05) is 53.7 Å². The van der Waals surface area contributed by atoms with Crippen LogP contribution >= 0.6 is 0 Å². The van der Waals surface area contributed by atoms with Crippen LogP contribution in [0.2, 0.25) is 0 Å². The Kier molecular flexibility index (Phi) is 12.3. The van der Waals surface area contributed by atoms with Crippen molar-refractivity contribution >= 4 is 0 Å². The molecule has 5 aliphatic carbocycles. The quantitative estimate of drug-likeness (QED) is 0.116. The van der Waals surface area contributed by atoms with Gasteiger partial charge in [0.1, 0.15) is 61.0 Å². The monoisotopic (exact) mass is 913 g/mol. The highest BCUT2D eigenvalue weighted by atomic mass is 16.8. The lowest BCUT2D eigenvalue weighted by Crippen LogP contribution is -2.72. The van der Waals surface area contributed by atoms with Gasteiger partial charge in [-0.3, -0.25) is 0 Å². The lowest BCUT2D eigenvalue weighted by atomic mass is 9.32. The van der Waals surface area contributed by atoms with E-state index in [2.05, 4.69) is 46.8 Å². The number of aliphatic hydroxyl groups excluding tert-OH is 10. The van der Waals surface area contributed by atoms with Crippen molar-refractivity contribution in [2.75, 3.05) is 26.4 Å². The van der Waals surface area contributed by atoms with Gasteiger partial charge in [-0.15, -0.1) is 0 Å². The Morgan fingerprint density at radius 1 is 0.672 bits per heavy atom. The molecule has 0 radical (unpaired) electrons. The first-order valence-corrected chi connectivity index (χ1v) is 23.9. The zero-order valence-corrected chi connectivity index (χ0v) is 38.4. The Balaban J connectivity index is 0.990. The van der Waals surface area contributed by atoms with Crippen LogP contribution in [0, 0.1) is 50.2 Å². The molecule has 25 atom stereocenters. The zero-order chi connectivity index (χ0) is 46.3. The zero-order valence-electron chi connectivity index (χ0n) is 38.4. The molecule has 17 nitrogen and oxygen atoms in total. The third-order valence-electron chi connectivity index (χ3n) is 19.6. The molecule has 17 heteroatoms. The molecule has 2 bridgehead atoms. The summed E-state index contributed by atoms with van der Waals surface area (Å²) in [7, 11) is 0. The maximum atomic E-state index is 12.2. The highest BCUT2D eigenvalue weighted by molar-refractivity contribution is 5.36. The van der Waals surface area contributed by atoms with Crippen molar-refractivity contribution in [3.05, 3.63) is 12.2 Å². The van der Waals surface area contributed by atoms with Crippen molar-refractivity contribution < 1.29 is 84.2 Å². The molecule has 0 aromatic rings. The van der Waals surface area contributed by atoms with Crippen LogP contribution in [0.5, 0.6) is 0 Å². The summed E-state index contributed by atoms with van der Waals surface area (Å²) in [4.78, 5) is 0. The summed E-state index contributed by atoms with van der Waals surface area (Å²) < 4.78 is 43.7. The second-order valence-corrected chi connectivity index (χ2v) is 23.3. The van der Waals surface area contributed by atoms with E-state index in [0.29, 0.717) is 19.4 Å². The van der Waals surface area contributed by atoms with Gasteiger partial charge >= 0.3 is 0 Å². The van der Waals surface area contributed by atoms with Crippen LogP contribution in [0.4, 0.5) is 0 Å². The summed E-state index contributed by atoms with van der Waals surface area (Å²) in [6.07, 6.45) is -11.4. The van der Waals surface area contributed by atoms with E-state index in [1.807, 2.05) is 6.92 Å². The minimum Gasteiger partial charge on any atom is -0.396 e. The molecule has 9 aliphatic rings. The number of rotatable bonds is 8. The van der Waals surface area contributed by atoms with Gasteiger partial charge in [0.25, 0.3) is 0 Å². The fourth-order valence-corrected chi connectivity index (χ4v) is 15.5. The van der Waals surface area contributed by atoms with E-state index in [-0.39, 0.29) is 51.4 Å². The fraction of sp³-hybridized carbons (Fsp3) is 0.957. The highest BCUT2D eigenvalue weighted by Crippen LogP contribution is 2.79. The summed E-state index contributed by atoms with van der Waals surface area (Å²) in [5, 5.41) is 110. The number of allylic oxidation sites excluding steroid dienone is 1. The molecular formula is C47H76O17. The van der Waals surface area contributed by atoms with Crippen molar-refractivity contribution in [2.45, 2.75) is 204 Å². The van der Waals surface area contributed by atoms with Crippen LogP contribution in [0.15, 0.2) is 12.2 Å². The lowest BCUT2D eigenvalue weighted by Gasteiger charge is -2.73. The number of ether oxygens (including phenoxy) is 7. The average Bonchev–Trinajstić information content (AvgIpc) is 3.53. The van der Waals surface area contributed by atoms with E-state index in [9.17, 15) is 51.1 Å². The maximum absolute atomic E-state index is 12.2. The van der Waals surface area contributed by atoms with Crippen LogP contribution < -0.4 is 0 Å². The number of aliphatic hydroxyl groups is 10. The Labute approximate surface area is 376 Å². The Morgan fingerprint density at radius 3 is 2.03 bits per heavy atom. The predicted molar refractivity (Wildman–Crippen MR) is 223 cm³/mol. The molecule has 10 N–H and O–H groups in total. The molecule has 4 heterocycles.